The molecule has 31 heavy (non-hydrogen) atoms. The van der Waals surface area contributed by atoms with Crippen molar-refractivity contribution in [3.63, 3.8) is 0 Å². The molecule has 1 N–H and O–H groups in total. The van der Waals surface area contributed by atoms with Crippen molar-refractivity contribution in [3.8, 4) is 0 Å². The van der Waals surface area contributed by atoms with Gasteiger partial charge >= 0.3 is 0 Å². The van der Waals surface area contributed by atoms with Crippen molar-refractivity contribution in [1.82, 2.24) is 14.9 Å². The number of carbonyl (C=O) groups excluding carboxylic acids is 1. The van der Waals surface area contributed by atoms with Crippen LogP contribution in [0.1, 0.15) is 28.1 Å². The molecule has 0 saturated carbocycles. The predicted octanol–water partition coefficient (Wildman–Crippen LogP) is 5.26. The standard InChI is InChI=1S/C26H26ClN3O/c1-18-7-8-19(2)21(15-18)17-30-24-6-4-3-5-23(24)29-25(30)13-14-28-26(31)16-20-9-11-22(27)12-10-20/h3-12,15H,13-14,16-17H2,1-2H3,(H,28,31). The lowest BCUT2D eigenvalue weighted by molar-refractivity contribution is -0.120. The summed E-state index contributed by atoms with van der Waals surface area (Å²) in [5.41, 5.74) is 6.85. The van der Waals surface area contributed by atoms with Crippen molar-refractivity contribution in [2.45, 2.75) is 33.2 Å². The number of fused-ring (bicyclic) bond motifs is 1. The van der Waals surface area contributed by atoms with Gasteiger partial charge in [0.2, 0.25) is 5.91 Å². The monoisotopic (exact) mass is 431 g/mol. The van der Waals surface area contributed by atoms with Crippen LogP contribution in [0.25, 0.3) is 11.0 Å². The van der Waals surface area contributed by atoms with Gasteiger partial charge in [0, 0.05) is 24.5 Å². The summed E-state index contributed by atoms with van der Waals surface area (Å²) in [5.74, 6) is 0.980. The molecule has 1 heterocycles. The largest absolute Gasteiger partial charge is 0.355 e. The first-order valence-corrected chi connectivity index (χ1v) is 10.9. The number of carbonyl (C=O) groups is 1. The molecule has 1 aromatic heterocycles. The number of amides is 1. The van der Waals surface area contributed by atoms with Crippen LogP contribution in [0.2, 0.25) is 5.02 Å². The summed E-state index contributed by atoms with van der Waals surface area (Å²) >= 11 is 5.91. The first-order chi connectivity index (χ1) is 15.0. The fourth-order valence-corrected chi connectivity index (χ4v) is 3.92. The Balaban J connectivity index is 1.48. The van der Waals surface area contributed by atoms with Crippen LogP contribution >= 0.6 is 11.6 Å². The fourth-order valence-electron chi connectivity index (χ4n) is 3.80. The summed E-state index contributed by atoms with van der Waals surface area (Å²) in [4.78, 5) is 17.2. The molecule has 0 saturated heterocycles. The third-order valence-corrected chi connectivity index (χ3v) is 5.77. The van der Waals surface area contributed by atoms with Gasteiger partial charge in [-0.3, -0.25) is 4.79 Å². The molecule has 0 aliphatic rings. The van der Waals surface area contributed by atoms with Crippen molar-refractivity contribution in [2.24, 2.45) is 0 Å². The third kappa shape index (κ3) is 5.15. The van der Waals surface area contributed by atoms with Gasteiger partial charge in [-0.2, -0.15) is 0 Å². The number of nitrogens with one attached hydrogen (secondary N) is 1. The number of halogens is 1. The topological polar surface area (TPSA) is 46.9 Å². The number of hydrogen-bond acceptors (Lipinski definition) is 2. The molecule has 0 aliphatic heterocycles. The van der Waals surface area contributed by atoms with Crippen LogP contribution < -0.4 is 5.32 Å². The predicted molar refractivity (Wildman–Crippen MR) is 127 cm³/mol. The van der Waals surface area contributed by atoms with Gasteiger partial charge in [-0.25, -0.2) is 4.98 Å². The molecule has 0 radical (unpaired) electrons. The number of benzene rings is 3. The molecule has 0 atom stereocenters. The highest BCUT2D eigenvalue weighted by Crippen LogP contribution is 2.20. The second-order valence-electron chi connectivity index (χ2n) is 7.94. The van der Waals surface area contributed by atoms with Crippen molar-refractivity contribution >= 4 is 28.5 Å². The molecule has 158 valence electrons. The maximum atomic E-state index is 12.3. The van der Waals surface area contributed by atoms with E-state index in [4.69, 9.17) is 16.6 Å². The second-order valence-corrected chi connectivity index (χ2v) is 8.37. The van der Waals surface area contributed by atoms with Crippen LogP contribution in [0.4, 0.5) is 0 Å². The van der Waals surface area contributed by atoms with Crippen LogP contribution in [0, 0.1) is 13.8 Å². The molecule has 0 fully saturated rings. The van der Waals surface area contributed by atoms with Crippen LogP contribution in [0.3, 0.4) is 0 Å². The normalized spacial score (nSPS) is 11.1. The number of imidazole rings is 1. The highest BCUT2D eigenvalue weighted by atomic mass is 35.5. The zero-order valence-electron chi connectivity index (χ0n) is 17.9. The fraction of sp³-hybridized carbons (Fsp3) is 0.231. The molecule has 0 aliphatic carbocycles. The molecule has 4 rings (SSSR count). The van der Waals surface area contributed by atoms with Crippen molar-refractivity contribution < 1.29 is 4.79 Å². The molecule has 0 spiro atoms. The van der Waals surface area contributed by atoms with Gasteiger partial charge in [0.15, 0.2) is 0 Å². The maximum absolute atomic E-state index is 12.3. The minimum Gasteiger partial charge on any atom is -0.355 e. The number of aromatic nitrogens is 2. The average molecular weight is 432 g/mol. The molecule has 1 amide bonds. The number of para-hydroxylation sites is 2. The van der Waals surface area contributed by atoms with E-state index in [-0.39, 0.29) is 5.91 Å². The molecule has 0 unspecified atom stereocenters. The minimum absolute atomic E-state index is 0.000452. The van der Waals surface area contributed by atoms with E-state index in [0.717, 1.165) is 29.0 Å². The Morgan fingerprint density at radius 1 is 1.03 bits per heavy atom. The van der Waals surface area contributed by atoms with E-state index in [0.29, 0.717) is 24.4 Å². The molecular weight excluding hydrogens is 406 g/mol. The Morgan fingerprint density at radius 2 is 1.81 bits per heavy atom. The number of hydrogen-bond donors (Lipinski definition) is 1. The molecule has 5 heteroatoms. The van der Waals surface area contributed by atoms with Gasteiger partial charge in [-0.15, -0.1) is 0 Å². The Morgan fingerprint density at radius 3 is 2.61 bits per heavy atom. The van der Waals surface area contributed by atoms with E-state index in [9.17, 15) is 4.79 Å². The lowest BCUT2D eigenvalue weighted by Gasteiger charge is -2.13. The quantitative estimate of drug-likeness (QED) is 0.434. The smallest absolute Gasteiger partial charge is 0.224 e. The summed E-state index contributed by atoms with van der Waals surface area (Å²) in [7, 11) is 0. The first kappa shape index (κ1) is 21.1. The Kier molecular flexibility index (Phi) is 6.38. The van der Waals surface area contributed by atoms with Crippen LogP contribution in [-0.2, 0) is 24.2 Å². The lowest BCUT2D eigenvalue weighted by atomic mass is 10.1. The van der Waals surface area contributed by atoms with Crippen molar-refractivity contribution in [2.75, 3.05) is 6.54 Å². The van der Waals surface area contributed by atoms with Crippen molar-refractivity contribution in [3.05, 3.63) is 99.8 Å². The molecular formula is C26H26ClN3O. The summed E-state index contributed by atoms with van der Waals surface area (Å²) in [6.45, 7) is 5.57. The van der Waals surface area contributed by atoms with Crippen LogP contribution in [0.5, 0.6) is 0 Å². The summed E-state index contributed by atoms with van der Waals surface area (Å²) in [6, 6.07) is 22.1. The van der Waals surface area contributed by atoms with Gasteiger partial charge in [-0.1, -0.05) is 59.6 Å². The van der Waals surface area contributed by atoms with Gasteiger partial charge < -0.3 is 9.88 Å². The number of aryl methyl sites for hydroxylation is 2. The van der Waals surface area contributed by atoms with Crippen molar-refractivity contribution in [1.29, 1.82) is 0 Å². The zero-order chi connectivity index (χ0) is 21.8. The Labute approximate surface area is 187 Å². The van der Waals surface area contributed by atoms with E-state index < -0.39 is 0 Å². The first-order valence-electron chi connectivity index (χ1n) is 10.5. The van der Waals surface area contributed by atoms with E-state index in [1.165, 1.54) is 16.7 Å². The average Bonchev–Trinajstić information content (AvgIpc) is 3.10. The van der Waals surface area contributed by atoms with Crippen LogP contribution in [0.15, 0.2) is 66.7 Å². The molecule has 3 aromatic carbocycles. The molecule has 0 bridgehead atoms. The third-order valence-electron chi connectivity index (χ3n) is 5.52. The SMILES string of the molecule is Cc1ccc(C)c(Cn2c(CCNC(=O)Cc3ccc(Cl)cc3)nc3ccccc32)c1. The van der Waals surface area contributed by atoms with Gasteiger partial charge in [0.05, 0.1) is 17.5 Å². The summed E-state index contributed by atoms with van der Waals surface area (Å²) in [5, 5.41) is 3.70. The Bertz CT molecular complexity index is 1210. The lowest BCUT2D eigenvalue weighted by Crippen LogP contribution is -2.28. The van der Waals surface area contributed by atoms with Gasteiger partial charge in [-0.05, 0) is 54.8 Å². The summed E-state index contributed by atoms with van der Waals surface area (Å²) in [6.07, 6.45) is 1.02. The maximum Gasteiger partial charge on any atom is 0.224 e. The van der Waals surface area contributed by atoms with Crippen LogP contribution in [-0.4, -0.2) is 22.0 Å². The highest BCUT2D eigenvalue weighted by Gasteiger charge is 2.13. The Hall–Kier alpha value is -3.11. The second kappa shape index (κ2) is 9.36. The molecule has 4 aromatic rings. The summed E-state index contributed by atoms with van der Waals surface area (Å²) < 4.78 is 2.27. The number of nitrogens with zero attached hydrogens (tertiary/aromatic N) is 2. The van der Waals surface area contributed by atoms with Gasteiger partial charge in [0.1, 0.15) is 5.82 Å². The van der Waals surface area contributed by atoms with E-state index in [2.05, 4.69) is 48.0 Å². The van der Waals surface area contributed by atoms with E-state index >= 15 is 0 Å². The zero-order valence-corrected chi connectivity index (χ0v) is 18.6. The minimum atomic E-state index is -0.000452. The highest BCUT2D eigenvalue weighted by molar-refractivity contribution is 6.30. The van der Waals surface area contributed by atoms with E-state index in [1.807, 2.05) is 30.3 Å². The molecule has 4 nitrogen and oxygen atoms in total. The van der Waals surface area contributed by atoms with E-state index in [1.54, 1.807) is 12.1 Å². The number of rotatable bonds is 7. The van der Waals surface area contributed by atoms with Gasteiger partial charge in [0.25, 0.3) is 0 Å².